The number of carbonyl (C=O) groups excluding carboxylic acids is 2. The number of fused-ring (bicyclic) bond motifs is 1. The summed E-state index contributed by atoms with van der Waals surface area (Å²) in [5.74, 6) is -1.26. The molecule has 24 heavy (non-hydrogen) atoms. The maximum atomic E-state index is 12.5. The van der Waals surface area contributed by atoms with Gasteiger partial charge in [0.1, 0.15) is 0 Å². The van der Waals surface area contributed by atoms with Gasteiger partial charge in [-0.25, -0.2) is 14.3 Å². The largest absolute Gasteiger partial charge is 0.466 e. The molecule has 0 radical (unpaired) electrons. The van der Waals surface area contributed by atoms with E-state index in [4.69, 9.17) is 4.74 Å². The van der Waals surface area contributed by atoms with Crippen LogP contribution in [0.2, 0.25) is 0 Å². The van der Waals surface area contributed by atoms with Crippen molar-refractivity contribution >= 4 is 22.7 Å². The minimum Gasteiger partial charge on any atom is -0.466 e. The number of rotatable bonds is 5. The van der Waals surface area contributed by atoms with Crippen LogP contribution in [0, 0.1) is 5.92 Å². The summed E-state index contributed by atoms with van der Waals surface area (Å²) < 4.78 is 10.9. The van der Waals surface area contributed by atoms with Crippen molar-refractivity contribution in [2.45, 2.75) is 33.4 Å². The normalized spacial score (nSPS) is 12.2. The van der Waals surface area contributed by atoms with Crippen LogP contribution < -0.4 is 5.56 Å². The molecule has 0 N–H and O–H groups in total. The second kappa shape index (κ2) is 7.25. The van der Waals surface area contributed by atoms with Gasteiger partial charge >= 0.3 is 11.9 Å². The summed E-state index contributed by atoms with van der Waals surface area (Å²) in [6.45, 7) is 5.67. The van der Waals surface area contributed by atoms with Crippen LogP contribution in [0.1, 0.15) is 31.3 Å². The first-order valence-electron chi connectivity index (χ1n) is 7.63. The van der Waals surface area contributed by atoms with E-state index in [2.05, 4.69) is 9.84 Å². The van der Waals surface area contributed by atoms with Gasteiger partial charge in [-0.3, -0.25) is 4.79 Å². The Bertz CT molecular complexity index is 825. The van der Waals surface area contributed by atoms with E-state index in [-0.39, 0.29) is 17.2 Å². The number of hydrogen-bond acceptors (Lipinski definition) is 6. The number of ether oxygens (including phenoxy) is 2. The molecule has 1 aromatic carbocycles. The number of carbonyl (C=O) groups is 2. The summed E-state index contributed by atoms with van der Waals surface area (Å²) >= 11 is 0. The smallest absolute Gasteiger partial charge is 0.360 e. The molecule has 0 spiro atoms. The van der Waals surface area contributed by atoms with Crippen molar-refractivity contribution in [1.29, 1.82) is 0 Å². The van der Waals surface area contributed by atoms with E-state index in [1.807, 2.05) is 13.8 Å². The molecule has 0 saturated heterocycles. The molecule has 2 rings (SSSR count). The van der Waals surface area contributed by atoms with Crippen molar-refractivity contribution in [1.82, 2.24) is 9.78 Å². The second-order valence-corrected chi connectivity index (χ2v) is 5.85. The molecule has 2 aromatic rings. The van der Waals surface area contributed by atoms with Gasteiger partial charge in [-0.15, -0.1) is 0 Å². The maximum Gasteiger partial charge on any atom is 0.360 e. The van der Waals surface area contributed by atoms with Crippen LogP contribution in [0.5, 0.6) is 0 Å². The van der Waals surface area contributed by atoms with E-state index in [9.17, 15) is 14.4 Å². The first-order valence-corrected chi connectivity index (χ1v) is 7.63. The van der Waals surface area contributed by atoms with Crippen LogP contribution in [0.15, 0.2) is 29.1 Å². The Balaban J connectivity index is 2.52. The summed E-state index contributed by atoms with van der Waals surface area (Å²) in [6.07, 6.45) is -1.06. The quantitative estimate of drug-likeness (QED) is 0.776. The zero-order valence-corrected chi connectivity index (χ0v) is 14.1. The van der Waals surface area contributed by atoms with Crippen molar-refractivity contribution in [3.05, 3.63) is 40.3 Å². The number of methoxy groups -OCH3 is 1. The average molecular weight is 332 g/mol. The molecule has 0 aliphatic rings. The molecule has 1 atom stereocenters. The standard InChI is InChI=1S/C17H20N2O5/c1-10(2)9-19-15(20)13-8-6-5-7-12(13)14(18-19)17(22)24-11(3)16(21)23-4/h5-8,10-11H,9H2,1-4H3/t11-/m1/s1. The van der Waals surface area contributed by atoms with Crippen molar-refractivity contribution in [3.63, 3.8) is 0 Å². The first kappa shape index (κ1) is 17.7. The Hall–Kier alpha value is -2.70. The predicted molar refractivity (Wildman–Crippen MR) is 87.7 cm³/mol. The summed E-state index contributed by atoms with van der Waals surface area (Å²) in [4.78, 5) is 36.4. The zero-order valence-electron chi connectivity index (χ0n) is 14.1. The molecule has 1 aromatic heterocycles. The number of benzene rings is 1. The minimum absolute atomic E-state index is 0.00148. The molecule has 0 aliphatic carbocycles. The lowest BCUT2D eigenvalue weighted by atomic mass is 10.1. The number of hydrogen-bond donors (Lipinski definition) is 0. The molecule has 0 aliphatic heterocycles. The van der Waals surface area contributed by atoms with E-state index in [0.29, 0.717) is 17.3 Å². The van der Waals surface area contributed by atoms with Crippen LogP contribution in [-0.2, 0) is 20.8 Å². The van der Waals surface area contributed by atoms with Crippen LogP contribution in [-0.4, -0.2) is 34.9 Å². The number of esters is 2. The summed E-state index contributed by atoms with van der Waals surface area (Å²) in [5, 5.41) is 4.93. The fraction of sp³-hybridized carbons (Fsp3) is 0.412. The number of nitrogens with zero attached hydrogens (tertiary/aromatic N) is 2. The highest BCUT2D eigenvalue weighted by molar-refractivity contribution is 6.02. The molecular weight excluding hydrogens is 312 g/mol. The molecule has 7 nitrogen and oxygen atoms in total. The van der Waals surface area contributed by atoms with E-state index in [1.54, 1.807) is 24.3 Å². The van der Waals surface area contributed by atoms with Gasteiger partial charge in [0.15, 0.2) is 11.8 Å². The SMILES string of the molecule is COC(=O)[C@@H](C)OC(=O)c1nn(CC(C)C)c(=O)c2ccccc12. The van der Waals surface area contributed by atoms with Crippen molar-refractivity contribution < 1.29 is 19.1 Å². The average Bonchev–Trinajstić information content (AvgIpc) is 2.56. The highest BCUT2D eigenvalue weighted by atomic mass is 16.6. The van der Waals surface area contributed by atoms with Gasteiger partial charge in [-0.05, 0) is 18.9 Å². The van der Waals surface area contributed by atoms with Crippen LogP contribution >= 0.6 is 0 Å². The Morgan fingerprint density at radius 3 is 2.38 bits per heavy atom. The van der Waals surface area contributed by atoms with E-state index >= 15 is 0 Å². The molecule has 0 amide bonds. The van der Waals surface area contributed by atoms with Crippen molar-refractivity contribution in [2.75, 3.05) is 7.11 Å². The topological polar surface area (TPSA) is 87.5 Å². The third-order valence-electron chi connectivity index (χ3n) is 3.42. The molecule has 128 valence electrons. The van der Waals surface area contributed by atoms with Gasteiger partial charge in [0.2, 0.25) is 0 Å². The Morgan fingerprint density at radius 1 is 1.17 bits per heavy atom. The minimum atomic E-state index is -1.06. The Kier molecular flexibility index (Phi) is 5.33. The summed E-state index contributed by atoms with van der Waals surface area (Å²) in [6, 6.07) is 6.69. The zero-order chi connectivity index (χ0) is 17.9. The Labute approximate surface area is 139 Å². The molecule has 0 bridgehead atoms. The van der Waals surface area contributed by atoms with Crippen molar-refractivity contribution in [3.8, 4) is 0 Å². The molecule has 0 fully saturated rings. The van der Waals surface area contributed by atoms with E-state index in [1.165, 1.54) is 18.7 Å². The van der Waals surface area contributed by atoms with Gasteiger partial charge in [0, 0.05) is 11.9 Å². The molecular formula is C17H20N2O5. The lowest BCUT2D eigenvalue weighted by molar-refractivity contribution is -0.149. The fourth-order valence-electron chi connectivity index (χ4n) is 2.29. The van der Waals surface area contributed by atoms with E-state index in [0.717, 1.165) is 0 Å². The highest BCUT2D eigenvalue weighted by Gasteiger charge is 2.23. The fourth-order valence-corrected chi connectivity index (χ4v) is 2.29. The lowest BCUT2D eigenvalue weighted by Crippen LogP contribution is -2.30. The first-order chi connectivity index (χ1) is 11.3. The third-order valence-corrected chi connectivity index (χ3v) is 3.42. The Morgan fingerprint density at radius 2 is 1.79 bits per heavy atom. The lowest BCUT2D eigenvalue weighted by Gasteiger charge is -2.14. The van der Waals surface area contributed by atoms with Gasteiger partial charge < -0.3 is 9.47 Å². The molecule has 1 heterocycles. The van der Waals surface area contributed by atoms with Gasteiger partial charge in [0.05, 0.1) is 12.5 Å². The number of aromatic nitrogens is 2. The van der Waals surface area contributed by atoms with Crippen LogP contribution in [0.25, 0.3) is 10.8 Å². The van der Waals surface area contributed by atoms with Crippen molar-refractivity contribution in [2.24, 2.45) is 5.92 Å². The summed E-state index contributed by atoms with van der Waals surface area (Å²) in [7, 11) is 1.21. The van der Waals surface area contributed by atoms with Gasteiger partial charge in [0.25, 0.3) is 5.56 Å². The molecule has 0 saturated carbocycles. The van der Waals surface area contributed by atoms with Gasteiger partial charge in [-0.2, -0.15) is 5.10 Å². The monoisotopic (exact) mass is 332 g/mol. The molecule has 0 unspecified atom stereocenters. The predicted octanol–water partition coefficient (Wildman–Crippen LogP) is 1.77. The van der Waals surface area contributed by atoms with Gasteiger partial charge in [-0.1, -0.05) is 32.0 Å². The summed E-state index contributed by atoms with van der Waals surface area (Å²) in [5.41, 5.74) is -0.265. The van der Waals surface area contributed by atoms with E-state index < -0.39 is 18.0 Å². The van der Waals surface area contributed by atoms with Crippen LogP contribution in [0.3, 0.4) is 0 Å². The molecule has 7 heteroatoms. The maximum absolute atomic E-state index is 12.5. The van der Waals surface area contributed by atoms with Crippen LogP contribution in [0.4, 0.5) is 0 Å². The highest BCUT2D eigenvalue weighted by Crippen LogP contribution is 2.15. The second-order valence-electron chi connectivity index (χ2n) is 5.85. The third kappa shape index (κ3) is 3.61.